The molecule has 3 aromatic carbocycles. The Morgan fingerprint density at radius 2 is 1.47 bits per heavy atom. The lowest BCUT2D eigenvalue weighted by atomic mass is 9.86. The van der Waals surface area contributed by atoms with E-state index in [-0.39, 0.29) is 5.97 Å². The molecule has 164 valence electrons. The topological polar surface area (TPSA) is 42.0 Å². The minimum absolute atomic E-state index is 0.259. The molecule has 0 unspecified atom stereocenters. The van der Waals surface area contributed by atoms with Crippen molar-refractivity contribution in [1.82, 2.24) is 0 Å². The van der Waals surface area contributed by atoms with Crippen LogP contribution in [0.2, 0.25) is 0 Å². The van der Waals surface area contributed by atoms with Gasteiger partial charge in [0.1, 0.15) is 5.75 Å². The predicted molar refractivity (Wildman–Crippen MR) is 126 cm³/mol. The zero-order valence-electron chi connectivity index (χ0n) is 19.0. The maximum absolute atomic E-state index is 13.7. The minimum Gasteiger partial charge on any atom is -0.497 e. The third kappa shape index (κ3) is 3.03. The maximum Gasteiger partial charge on any atom is 0.338 e. The van der Waals surface area contributed by atoms with Crippen molar-refractivity contribution in [1.29, 1.82) is 0 Å². The van der Waals surface area contributed by atoms with Crippen LogP contribution in [0.25, 0.3) is 0 Å². The van der Waals surface area contributed by atoms with Gasteiger partial charge in [-0.2, -0.15) is 0 Å². The summed E-state index contributed by atoms with van der Waals surface area (Å²) in [5.41, 5.74) is 7.01. The van der Waals surface area contributed by atoms with E-state index in [0.29, 0.717) is 13.1 Å². The van der Waals surface area contributed by atoms with Crippen molar-refractivity contribution >= 4 is 17.3 Å². The second-order valence-electron chi connectivity index (χ2n) is 8.79. The van der Waals surface area contributed by atoms with Crippen LogP contribution >= 0.6 is 0 Å². The van der Waals surface area contributed by atoms with E-state index in [9.17, 15) is 4.79 Å². The van der Waals surface area contributed by atoms with Crippen LogP contribution < -0.4 is 14.5 Å². The van der Waals surface area contributed by atoms with E-state index in [1.807, 2.05) is 24.3 Å². The second-order valence-corrected chi connectivity index (χ2v) is 8.79. The van der Waals surface area contributed by atoms with Crippen LogP contribution in [0.5, 0.6) is 5.75 Å². The second kappa shape index (κ2) is 7.59. The summed E-state index contributed by atoms with van der Waals surface area (Å²) in [5.74, 6) is 0.501. The molecule has 0 radical (unpaired) electrons. The Morgan fingerprint density at radius 3 is 2.09 bits per heavy atom. The summed E-state index contributed by atoms with van der Waals surface area (Å²) in [6.45, 7) is 6.07. The Hall–Kier alpha value is -3.47. The molecular weight excluding hydrogens is 400 g/mol. The molecule has 2 aliphatic heterocycles. The number of carbonyl (C=O) groups excluding carboxylic acids is 1. The number of ether oxygens (including phenoxy) is 2. The molecule has 0 fully saturated rings. The Balaban J connectivity index is 1.80. The van der Waals surface area contributed by atoms with Gasteiger partial charge in [0, 0.05) is 24.5 Å². The van der Waals surface area contributed by atoms with Gasteiger partial charge in [0.05, 0.1) is 20.8 Å². The summed E-state index contributed by atoms with van der Waals surface area (Å²) < 4.78 is 10.9. The summed E-state index contributed by atoms with van der Waals surface area (Å²) in [5, 5.41) is 0. The van der Waals surface area contributed by atoms with E-state index < -0.39 is 5.54 Å². The van der Waals surface area contributed by atoms with Gasteiger partial charge >= 0.3 is 5.97 Å². The van der Waals surface area contributed by atoms with E-state index in [1.54, 1.807) is 7.11 Å². The molecule has 2 heterocycles. The zero-order chi connectivity index (χ0) is 22.5. The van der Waals surface area contributed by atoms with Crippen molar-refractivity contribution in [2.45, 2.75) is 32.5 Å². The number of carbonyl (C=O) groups is 1. The Kier molecular flexibility index (Phi) is 4.85. The van der Waals surface area contributed by atoms with Crippen LogP contribution in [0.3, 0.4) is 0 Å². The predicted octanol–water partition coefficient (Wildman–Crippen LogP) is 4.72. The Bertz CT molecular complexity index is 1190. The maximum atomic E-state index is 13.7. The lowest BCUT2D eigenvalue weighted by molar-refractivity contribution is -0.147. The van der Waals surface area contributed by atoms with Crippen LogP contribution in [-0.4, -0.2) is 26.7 Å². The number of hydrogen-bond acceptors (Lipinski definition) is 5. The Morgan fingerprint density at radius 1 is 0.844 bits per heavy atom. The van der Waals surface area contributed by atoms with Gasteiger partial charge in [0.2, 0.25) is 0 Å². The van der Waals surface area contributed by atoms with Crippen LogP contribution in [-0.2, 0) is 28.2 Å². The van der Waals surface area contributed by atoms with Crippen molar-refractivity contribution in [3.8, 4) is 5.75 Å². The highest BCUT2D eigenvalue weighted by atomic mass is 16.5. The molecule has 5 nitrogen and oxygen atoms in total. The largest absolute Gasteiger partial charge is 0.497 e. The summed E-state index contributed by atoms with van der Waals surface area (Å²) in [6, 6.07) is 20.9. The van der Waals surface area contributed by atoms with Crippen molar-refractivity contribution in [3.05, 3.63) is 88.5 Å². The fourth-order valence-electron chi connectivity index (χ4n) is 5.22. The fourth-order valence-corrected chi connectivity index (χ4v) is 5.22. The number of fused-ring (bicyclic) bond motifs is 7. The SMILES string of the molecule is COC(=O)[C@]1(c2ccc(OC)cc2)CN2Cc3cc(C)ccc3N1Cc1cc(C)ccc12. The van der Waals surface area contributed by atoms with Gasteiger partial charge in [0.15, 0.2) is 5.54 Å². The first-order valence-corrected chi connectivity index (χ1v) is 10.9. The molecule has 0 aliphatic carbocycles. The average molecular weight is 429 g/mol. The van der Waals surface area contributed by atoms with E-state index in [2.05, 4.69) is 60.0 Å². The molecule has 2 bridgehead atoms. The van der Waals surface area contributed by atoms with E-state index in [4.69, 9.17) is 9.47 Å². The first-order chi connectivity index (χ1) is 15.5. The van der Waals surface area contributed by atoms with Gasteiger partial charge in [-0.25, -0.2) is 4.79 Å². The Labute approximate surface area is 189 Å². The monoisotopic (exact) mass is 428 g/mol. The van der Waals surface area contributed by atoms with Crippen LogP contribution in [0.1, 0.15) is 27.8 Å². The molecular formula is C27H28N2O3. The quantitative estimate of drug-likeness (QED) is 0.565. The smallest absolute Gasteiger partial charge is 0.338 e. The number of hydrogen-bond donors (Lipinski definition) is 0. The van der Waals surface area contributed by atoms with E-state index >= 15 is 0 Å². The van der Waals surface area contributed by atoms with Crippen molar-refractivity contribution in [3.63, 3.8) is 0 Å². The molecule has 0 aromatic heterocycles. The summed E-state index contributed by atoms with van der Waals surface area (Å²) in [6.07, 6.45) is 0. The molecule has 0 amide bonds. The van der Waals surface area contributed by atoms with Gasteiger partial charge in [0.25, 0.3) is 0 Å². The summed E-state index contributed by atoms with van der Waals surface area (Å²) in [7, 11) is 3.13. The molecule has 2 aliphatic rings. The first-order valence-electron chi connectivity index (χ1n) is 10.9. The van der Waals surface area contributed by atoms with Gasteiger partial charge in [-0.1, -0.05) is 47.5 Å². The molecule has 0 saturated heterocycles. The van der Waals surface area contributed by atoms with Crippen LogP contribution in [0, 0.1) is 13.8 Å². The molecule has 0 N–H and O–H groups in total. The molecule has 32 heavy (non-hydrogen) atoms. The molecule has 1 atom stereocenters. The lowest BCUT2D eigenvalue weighted by Crippen LogP contribution is -2.56. The van der Waals surface area contributed by atoms with Crippen LogP contribution in [0.15, 0.2) is 60.7 Å². The van der Waals surface area contributed by atoms with E-state index in [1.165, 1.54) is 35.1 Å². The van der Waals surface area contributed by atoms with Crippen molar-refractivity contribution in [2.24, 2.45) is 0 Å². The number of rotatable bonds is 3. The summed E-state index contributed by atoms with van der Waals surface area (Å²) in [4.78, 5) is 18.3. The van der Waals surface area contributed by atoms with Gasteiger partial charge < -0.3 is 19.3 Å². The number of nitrogens with zero attached hydrogens (tertiary/aromatic N) is 2. The molecule has 5 rings (SSSR count). The highest BCUT2D eigenvalue weighted by molar-refractivity contribution is 5.90. The minimum atomic E-state index is -0.992. The van der Waals surface area contributed by atoms with E-state index in [0.717, 1.165) is 23.5 Å². The summed E-state index contributed by atoms with van der Waals surface area (Å²) >= 11 is 0. The third-order valence-corrected chi connectivity index (χ3v) is 6.76. The number of aryl methyl sites for hydroxylation is 2. The van der Waals surface area contributed by atoms with Gasteiger partial charge in [-0.15, -0.1) is 0 Å². The van der Waals surface area contributed by atoms with Gasteiger partial charge in [-0.05, 0) is 54.8 Å². The lowest BCUT2D eigenvalue weighted by Gasteiger charge is -2.42. The highest BCUT2D eigenvalue weighted by Crippen LogP contribution is 2.46. The van der Waals surface area contributed by atoms with Crippen LogP contribution in [0.4, 0.5) is 11.4 Å². The number of esters is 1. The normalized spacial score (nSPS) is 19.0. The standard InChI is InChI=1S/C27H28N2O3/c1-18-5-11-24-21(14-18)16-29-25-12-6-19(2)13-20(25)15-28(24)17-27(29,26(30)32-4)22-7-9-23(31-3)10-8-22/h5-14H,15-17H2,1-4H3/t27-/m1/s1. The molecule has 0 spiro atoms. The zero-order valence-corrected chi connectivity index (χ0v) is 19.0. The molecule has 3 aromatic rings. The number of methoxy groups -OCH3 is 2. The first kappa shape index (κ1) is 20.4. The number of benzene rings is 3. The third-order valence-electron chi connectivity index (χ3n) is 6.76. The van der Waals surface area contributed by atoms with Gasteiger partial charge in [-0.3, -0.25) is 0 Å². The number of anilines is 2. The van der Waals surface area contributed by atoms with Crippen molar-refractivity contribution < 1.29 is 14.3 Å². The average Bonchev–Trinajstić information content (AvgIpc) is 3.02. The highest BCUT2D eigenvalue weighted by Gasteiger charge is 2.52. The molecule has 0 saturated carbocycles. The molecule has 5 heteroatoms. The van der Waals surface area contributed by atoms with Crippen molar-refractivity contribution in [2.75, 3.05) is 30.6 Å². The fraction of sp³-hybridized carbons (Fsp3) is 0.296.